The summed E-state index contributed by atoms with van der Waals surface area (Å²) in [7, 11) is 0. The Labute approximate surface area is 92.7 Å². The van der Waals surface area contributed by atoms with Crippen LogP contribution < -0.4 is 9.67 Å². The molecular formula is C10H14N2O4. The van der Waals surface area contributed by atoms with E-state index in [1.54, 1.807) is 21.7 Å². The van der Waals surface area contributed by atoms with Crippen molar-refractivity contribution in [3.63, 3.8) is 0 Å². The Morgan fingerprint density at radius 2 is 2.19 bits per heavy atom. The van der Waals surface area contributed by atoms with Crippen molar-refractivity contribution in [2.75, 3.05) is 0 Å². The van der Waals surface area contributed by atoms with Gasteiger partial charge in [0.05, 0.1) is 13.0 Å². The molecular weight excluding hydrogens is 212 g/mol. The maximum absolute atomic E-state index is 10.4. The molecule has 0 unspecified atom stereocenters. The van der Waals surface area contributed by atoms with Gasteiger partial charge in [-0.2, -0.15) is 0 Å². The summed E-state index contributed by atoms with van der Waals surface area (Å²) in [6.45, 7) is 2.57. The molecule has 0 radical (unpaired) electrons. The van der Waals surface area contributed by atoms with Crippen LogP contribution in [0.25, 0.3) is 0 Å². The number of aryl methyl sites for hydroxylation is 3. The Morgan fingerprint density at radius 1 is 1.50 bits per heavy atom. The summed E-state index contributed by atoms with van der Waals surface area (Å²) in [5, 5.41) is 18.8. The fraction of sp³-hybridized carbons (Fsp3) is 0.500. The van der Waals surface area contributed by atoms with E-state index in [9.17, 15) is 14.7 Å². The lowest BCUT2D eigenvalue weighted by Crippen LogP contribution is -2.35. The maximum Gasteiger partial charge on any atom is 0.307 e. The third kappa shape index (κ3) is 3.72. The number of carbonyl (C=O) groups is 2. The number of imidazole rings is 1. The van der Waals surface area contributed by atoms with Crippen LogP contribution in [-0.2, 0) is 22.7 Å². The highest BCUT2D eigenvalue weighted by atomic mass is 16.4. The molecule has 16 heavy (non-hydrogen) atoms. The molecule has 0 aliphatic carbocycles. The van der Waals surface area contributed by atoms with Crippen molar-refractivity contribution >= 4 is 11.9 Å². The fourth-order valence-corrected chi connectivity index (χ4v) is 1.41. The predicted octanol–water partition coefficient (Wildman–Crippen LogP) is -1.30. The number of aliphatic carboxylic acids is 2. The Hall–Kier alpha value is -1.85. The second-order valence-corrected chi connectivity index (χ2v) is 3.58. The monoisotopic (exact) mass is 226 g/mol. The van der Waals surface area contributed by atoms with Gasteiger partial charge in [0, 0.05) is 19.3 Å². The summed E-state index contributed by atoms with van der Waals surface area (Å²) < 4.78 is 3.50. The van der Waals surface area contributed by atoms with Crippen LogP contribution in [0, 0.1) is 6.92 Å². The summed E-state index contributed by atoms with van der Waals surface area (Å²) in [5.41, 5.74) is 0.902. The SMILES string of the molecule is Cc1c[n+](CCC(=O)[O-])cn1CCC(=O)O. The first-order valence-electron chi connectivity index (χ1n) is 4.96. The van der Waals surface area contributed by atoms with Crippen molar-refractivity contribution in [2.45, 2.75) is 32.9 Å². The van der Waals surface area contributed by atoms with Gasteiger partial charge in [-0.3, -0.25) is 4.79 Å². The summed E-state index contributed by atoms with van der Waals surface area (Å²) in [5.74, 6) is -1.95. The average Bonchev–Trinajstić information content (AvgIpc) is 2.53. The van der Waals surface area contributed by atoms with E-state index < -0.39 is 11.9 Å². The molecule has 0 atom stereocenters. The molecule has 0 saturated heterocycles. The lowest BCUT2D eigenvalue weighted by molar-refractivity contribution is -0.696. The third-order valence-corrected chi connectivity index (χ3v) is 2.23. The molecule has 1 heterocycles. The smallest absolute Gasteiger partial charge is 0.307 e. The number of hydrogen-bond acceptors (Lipinski definition) is 3. The first-order valence-corrected chi connectivity index (χ1v) is 4.96. The van der Waals surface area contributed by atoms with Crippen molar-refractivity contribution in [3.05, 3.63) is 18.2 Å². The minimum absolute atomic E-state index is 0.0486. The Balaban J connectivity index is 2.59. The summed E-state index contributed by atoms with van der Waals surface area (Å²) in [6, 6.07) is 0. The van der Waals surface area contributed by atoms with Gasteiger partial charge < -0.3 is 15.0 Å². The Morgan fingerprint density at radius 3 is 2.75 bits per heavy atom. The highest BCUT2D eigenvalue weighted by Gasteiger charge is 2.10. The Kier molecular flexibility index (Phi) is 4.04. The maximum atomic E-state index is 10.4. The number of rotatable bonds is 6. The van der Waals surface area contributed by atoms with E-state index in [1.807, 2.05) is 6.92 Å². The second kappa shape index (κ2) is 5.29. The number of nitrogens with zero attached hydrogens (tertiary/aromatic N) is 2. The molecule has 6 heteroatoms. The summed E-state index contributed by atoms with van der Waals surface area (Å²) in [6.07, 6.45) is 3.50. The zero-order valence-corrected chi connectivity index (χ0v) is 9.05. The van der Waals surface area contributed by atoms with Gasteiger partial charge in [0.1, 0.15) is 18.4 Å². The molecule has 0 fully saturated rings. The first kappa shape index (κ1) is 12.2. The van der Waals surface area contributed by atoms with E-state index in [-0.39, 0.29) is 12.8 Å². The minimum atomic E-state index is -1.09. The van der Waals surface area contributed by atoms with Crippen molar-refractivity contribution in [1.82, 2.24) is 4.57 Å². The zero-order valence-electron chi connectivity index (χ0n) is 9.05. The summed E-state index contributed by atoms with van der Waals surface area (Å²) >= 11 is 0. The molecule has 0 aliphatic heterocycles. The van der Waals surface area contributed by atoms with Gasteiger partial charge in [0.25, 0.3) is 0 Å². The van der Waals surface area contributed by atoms with E-state index in [1.165, 1.54) is 0 Å². The molecule has 0 spiro atoms. The van der Waals surface area contributed by atoms with Gasteiger partial charge in [-0.15, -0.1) is 0 Å². The molecule has 0 aliphatic rings. The van der Waals surface area contributed by atoms with Crippen LogP contribution in [0.1, 0.15) is 18.5 Å². The van der Waals surface area contributed by atoms with Gasteiger partial charge >= 0.3 is 5.97 Å². The number of hydrogen-bond donors (Lipinski definition) is 1. The topological polar surface area (TPSA) is 86.2 Å². The van der Waals surface area contributed by atoms with Crippen molar-refractivity contribution < 1.29 is 24.4 Å². The van der Waals surface area contributed by atoms with E-state index in [2.05, 4.69) is 0 Å². The highest BCUT2D eigenvalue weighted by molar-refractivity contribution is 5.66. The molecule has 1 aromatic heterocycles. The van der Waals surface area contributed by atoms with Crippen LogP contribution in [0.4, 0.5) is 0 Å². The van der Waals surface area contributed by atoms with Crippen LogP contribution in [-0.4, -0.2) is 21.6 Å². The Bertz CT molecular complexity index is 398. The van der Waals surface area contributed by atoms with Gasteiger partial charge in [0.15, 0.2) is 0 Å². The quantitative estimate of drug-likeness (QED) is 0.611. The van der Waals surface area contributed by atoms with Gasteiger partial charge in [-0.1, -0.05) is 0 Å². The van der Waals surface area contributed by atoms with Crippen LogP contribution >= 0.6 is 0 Å². The fourth-order valence-electron chi connectivity index (χ4n) is 1.41. The first-order chi connectivity index (χ1) is 7.49. The second-order valence-electron chi connectivity index (χ2n) is 3.58. The molecule has 1 rings (SSSR count). The normalized spacial score (nSPS) is 10.3. The molecule has 1 aromatic rings. The summed E-state index contributed by atoms with van der Waals surface area (Å²) in [4.78, 5) is 20.7. The van der Waals surface area contributed by atoms with Crippen LogP contribution in [0.5, 0.6) is 0 Å². The van der Waals surface area contributed by atoms with E-state index >= 15 is 0 Å². The highest BCUT2D eigenvalue weighted by Crippen LogP contribution is 1.97. The number of carboxylic acid groups (broad SMARTS) is 2. The molecule has 6 nitrogen and oxygen atoms in total. The molecule has 0 amide bonds. The van der Waals surface area contributed by atoms with E-state index in [4.69, 9.17) is 5.11 Å². The molecule has 0 aromatic carbocycles. The van der Waals surface area contributed by atoms with Crippen LogP contribution in [0.3, 0.4) is 0 Å². The molecule has 88 valence electrons. The number of aromatic nitrogens is 2. The van der Waals surface area contributed by atoms with Crippen molar-refractivity contribution in [2.24, 2.45) is 0 Å². The largest absolute Gasteiger partial charge is 0.550 e. The third-order valence-electron chi connectivity index (χ3n) is 2.23. The number of carbonyl (C=O) groups excluding carboxylic acids is 1. The minimum Gasteiger partial charge on any atom is -0.550 e. The molecule has 0 saturated carbocycles. The predicted molar refractivity (Wildman–Crippen MR) is 51.2 cm³/mol. The average molecular weight is 226 g/mol. The van der Waals surface area contributed by atoms with E-state index in [0.29, 0.717) is 13.1 Å². The molecule has 1 N–H and O–H groups in total. The van der Waals surface area contributed by atoms with Crippen molar-refractivity contribution in [3.8, 4) is 0 Å². The van der Waals surface area contributed by atoms with Crippen LogP contribution in [0.2, 0.25) is 0 Å². The van der Waals surface area contributed by atoms with Gasteiger partial charge in [0.2, 0.25) is 6.33 Å². The lowest BCUT2D eigenvalue weighted by Gasteiger charge is -1.97. The standard InChI is InChI=1S/C10H14N2O4/c1-8-6-11(4-2-9(13)14)7-12(8)5-3-10(15)16/h6-7H,2-5H2,1H3,(H-,13,14,15,16). The van der Waals surface area contributed by atoms with E-state index in [0.717, 1.165) is 5.69 Å². The zero-order chi connectivity index (χ0) is 12.1. The molecule has 0 bridgehead atoms. The number of carboxylic acids is 2. The van der Waals surface area contributed by atoms with Gasteiger partial charge in [-0.05, 0) is 0 Å². The van der Waals surface area contributed by atoms with Crippen molar-refractivity contribution in [1.29, 1.82) is 0 Å². The van der Waals surface area contributed by atoms with Gasteiger partial charge in [-0.25, -0.2) is 9.13 Å². The van der Waals surface area contributed by atoms with Crippen LogP contribution in [0.15, 0.2) is 12.5 Å². The lowest BCUT2D eigenvalue weighted by atomic mass is 10.4.